The maximum atomic E-state index is 12.5. The van der Waals surface area contributed by atoms with E-state index in [0.717, 1.165) is 15.4 Å². The Morgan fingerprint density at radius 3 is 2.19 bits per heavy atom. The zero-order valence-corrected chi connectivity index (χ0v) is 15.2. The van der Waals surface area contributed by atoms with Gasteiger partial charge in [-0.05, 0) is 26.3 Å². The Morgan fingerprint density at radius 1 is 1.08 bits per heavy atom. The highest BCUT2D eigenvalue weighted by Gasteiger charge is 2.26. The second-order valence-corrected chi connectivity index (χ2v) is 6.66. The number of aldehydes is 1. The third-order valence-corrected chi connectivity index (χ3v) is 3.17. The van der Waals surface area contributed by atoms with E-state index < -0.39 is 36.7 Å². The van der Waals surface area contributed by atoms with Crippen LogP contribution in [0.3, 0.4) is 0 Å². The molecule has 26 heavy (non-hydrogen) atoms. The van der Waals surface area contributed by atoms with Gasteiger partial charge in [-0.15, -0.1) is 0 Å². The van der Waals surface area contributed by atoms with Crippen LogP contribution in [0.5, 0.6) is 0 Å². The fourth-order valence-electron chi connectivity index (χ4n) is 2.08. The van der Waals surface area contributed by atoms with Gasteiger partial charge in [0.25, 0.3) is 0 Å². The minimum absolute atomic E-state index is 0.0786. The Balaban J connectivity index is 2.88. The van der Waals surface area contributed by atoms with Gasteiger partial charge in [0.15, 0.2) is 0 Å². The van der Waals surface area contributed by atoms with Crippen LogP contribution in [0.1, 0.15) is 26.3 Å². The molecular weight excluding hydrogens is 340 g/mol. The molecule has 0 aromatic heterocycles. The standard InChI is InChI=1S/C18H24N2O6/c1-18(2,3)26-17(25)19(9-10-21)12-15(22)20(13-16(23)24)11-14-7-5-4-6-8-14/h4-8,10H,9,11-13H2,1-3H3,(H,23,24). The molecule has 1 aromatic rings. The third-order valence-electron chi connectivity index (χ3n) is 3.17. The second-order valence-electron chi connectivity index (χ2n) is 6.66. The number of nitrogens with zero attached hydrogens (tertiary/aromatic N) is 2. The number of aliphatic carboxylic acids is 1. The molecule has 0 unspecified atom stereocenters. The highest BCUT2D eigenvalue weighted by atomic mass is 16.6. The van der Waals surface area contributed by atoms with E-state index in [1.54, 1.807) is 51.1 Å². The smallest absolute Gasteiger partial charge is 0.411 e. The average Bonchev–Trinajstić information content (AvgIpc) is 2.52. The molecule has 0 radical (unpaired) electrons. The molecule has 0 fully saturated rings. The maximum absolute atomic E-state index is 12.5. The lowest BCUT2D eigenvalue weighted by Gasteiger charge is -2.28. The first-order valence-corrected chi connectivity index (χ1v) is 8.07. The lowest BCUT2D eigenvalue weighted by molar-refractivity contribution is -0.145. The Hall–Kier alpha value is -2.90. The summed E-state index contributed by atoms with van der Waals surface area (Å²) in [6.45, 7) is 3.78. The molecule has 0 bridgehead atoms. The van der Waals surface area contributed by atoms with Crippen molar-refractivity contribution in [2.24, 2.45) is 0 Å². The summed E-state index contributed by atoms with van der Waals surface area (Å²) in [6.07, 6.45) is -0.330. The molecule has 0 atom stereocenters. The number of benzene rings is 1. The number of carbonyl (C=O) groups excluding carboxylic acids is 3. The Labute approximate surface area is 152 Å². The number of hydrogen-bond donors (Lipinski definition) is 1. The topological polar surface area (TPSA) is 104 Å². The van der Waals surface area contributed by atoms with E-state index in [1.807, 2.05) is 0 Å². The predicted molar refractivity (Wildman–Crippen MR) is 93.4 cm³/mol. The van der Waals surface area contributed by atoms with E-state index in [9.17, 15) is 19.2 Å². The summed E-state index contributed by atoms with van der Waals surface area (Å²) in [5.41, 5.74) is -0.0345. The monoisotopic (exact) mass is 364 g/mol. The van der Waals surface area contributed by atoms with Crippen molar-refractivity contribution < 1.29 is 29.0 Å². The molecule has 0 heterocycles. The number of carboxylic acid groups (broad SMARTS) is 1. The molecule has 0 aliphatic carbocycles. The molecule has 2 amide bonds. The zero-order chi connectivity index (χ0) is 19.7. The number of hydrogen-bond acceptors (Lipinski definition) is 5. The van der Waals surface area contributed by atoms with Gasteiger partial charge in [-0.25, -0.2) is 4.79 Å². The summed E-state index contributed by atoms with van der Waals surface area (Å²) in [5.74, 6) is -1.77. The van der Waals surface area contributed by atoms with E-state index in [0.29, 0.717) is 6.29 Å². The fourth-order valence-corrected chi connectivity index (χ4v) is 2.08. The third kappa shape index (κ3) is 7.78. The minimum Gasteiger partial charge on any atom is -0.480 e. The number of carboxylic acids is 1. The van der Waals surface area contributed by atoms with Crippen LogP contribution in [-0.4, -0.2) is 64.4 Å². The second kappa shape index (κ2) is 9.55. The van der Waals surface area contributed by atoms with Gasteiger partial charge in [-0.1, -0.05) is 30.3 Å². The molecule has 0 saturated heterocycles. The Kier molecular flexibility index (Phi) is 7.77. The van der Waals surface area contributed by atoms with Crippen LogP contribution in [0.25, 0.3) is 0 Å². The van der Waals surface area contributed by atoms with Crippen molar-refractivity contribution in [3.8, 4) is 0 Å². The molecule has 1 aromatic carbocycles. The van der Waals surface area contributed by atoms with Crippen LogP contribution in [0.2, 0.25) is 0 Å². The highest BCUT2D eigenvalue weighted by Crippen LogP contribution is 2.11. The maximum Gasteiger partial charge on any atom is 0.411 e. The van der Waals surface area contributed by atoms with Crippen molar-refractivity contribution in [1.29, 1.82) is 0 Å². The number of ether oxygens (including phenoxy) is 1. The van der Waals surface area contributed by atoms with Gasteiger partial charge >= 0.3 is 12.1 Å². The first kappa shape index (κ1) is 21.1. The van der Waals surface area contributed by atoms with Crippen LogP contribution < -0.4 is 0 Å². The fraction of sp³-hybridized carbons (Fsp3) is 0.444. The summed E-state index contributed by atoms with van der Waals surface area (Å²) in [4.78, 5) is 48.7. The van der Waals surface area contributed by atoms with Crippen molar-refractivity contribution in [1.82, 2.24) is 9.80 Å². The normalized spacial score (nSPS) is 10.7. The van der Waals surface area contributed by atoms with Crippen LogP contribution in [-0.2, 0) is 25.7 Å². The molecule has 0 spiro atoms. The van der Waals surface area contributed by atoms with Gasteiger partial charge in [0.2, 0.25) is 5.91 Å². The molecule has 1 N–H and O–H groups in total. The van der Waals surface area contributed by atoms with E-state index >= 15 is 0 Å². The largest absolute Gasteiger partial charge is 0.480 e. The van der Waals surface area contributed by atoms with Crippen molar-refractivity contribution in [3.05, 3.63) is 35.9 Å². The SMILES string of the molecule is CC(C)(C)OC(=O)N(CC=O)CC(=O)N(CC(=O)O)Cc1ccccc1. The first-order valence-electron chi connectivity index (χ1n) is 8.07. The van der Waals surface area contributed by atoms with Crippen molar-refractivity contribution in [2.45, 2.75) is 32.9 Å². The molecule has 0 saturated carbocycles. The van der Waals surface area contributed by atoms with Crippen LogP contribution in [0.15, 0.2) is 30.3 Å². The van der Waals surface area contributed by atoms with E-state index in [4.69, 9.17) is 9.84 Å². The molecule has 0 aliphatic rings. The molecule has 0 aliphatic heterocycles. The zero-order valence-electron chi connectivity index (χ0n) is 15.2. The Morgan fingerprint density at radius 2 is 1.69 bits per heavy atom. The number of amides is 2. The lowest BCUT2D eigenvalue weighted by Crippen LogP contribution is -2.46. The van der Waals surface area contributed by atoms with Gasteiger partial charge in [0.1, 0.15) is 25.0 Å². The van der Waals surface area contributed by atoms with Crippen LogP contribution >= 0.6 is 0 Å². The van der Waals surface area contributed by atoms with E-state index in [1.165, 1.54) is 0 Å². The van der Waals surface area contributed by atoms with E-state index in [2.05, 4.69) is 0 Å². The first-order chi connectivity index (χ1) is 12.1. The van der Waals surface area contributed by atoms with Gasteiger partial charge in [-0.3, -0.25) is 14.5 Å². The molecule has 8 heteroatoms. The van der Waals surface area contributed by atoms with Crippen molar-refractivity contribution in [3.63, 3.8) is 0 Å². The molecule has 142 valence electrons. The molecule has 1 rings (SSSR count). The van der Waals surface area contributed by atoms with Crippen LogP contribution in [0.4, 0.5) is 4.79 Å². The van der Waals surface area contributed by atoms with E-state index in [-0.39, 0.29) is 13.1 Å². The number of rotatable bonds is 8. The quantitative estimate of drug-likeness (QED) is 0.702. The highest BCUT2D eigenvalue weighted by molar-refractivity contribution is 5.86. The predicted octanol–water partition coefficient (Wildman–Crippen LogP) is 1.54. The van der Waals surface area contributed by atoms with Gasteiger partial charge in [0.05, 0.1) is 6.54 Å². The average molecular weight is 364 g/mol. The minimum atomic E-state index is -1.17. The summed E-state index contributed by atoms with van der Waals surface area (Å²) in [5, 5.41) is 9.06. The summed E-state index contributed by atoms with van der Waals surface area (Å²) >= 11 is 0. The van der Waals surface area contributed by atoms with Gasteiger partial charge in [0, 0.05) is 6.54 Å². The Bertz CT molecular complexity index is 639. The summed E-state index contributed by atoms with van der Waals surface area (Å²) in [7, 11) is 0. The molecule has 8 nitrogen and oxygen atoms in total. The number of carbonyl (C=O) groups is 4. The van der Waals surface area contributed by atoms with Crippen molar-refractivity contribution in [2.75, 3.05) is 19.6 Å². The lowest BCUT2D eigenvalue weighted by atomic mass is 10.2. The summed E-state index contributed by atoms with van der Waals surface area (Å²) < 4.78 is 5.17. The molecular formula is C18H24N2O6. The van der Waals surface area contributed by atoms with Crippen LogP contribution in [0, 0.1) is 0 Å². The van der Waals surface area contributed by atoms with Gasteiger partial charge < -0.3 is 19.5 Å². The summed E-state index contributed by atoms with van der Waals surface area (Å²) in [6, 6.07) is 8.88. The van der Waals surface area contributed by atoms with Gasteiger partial charge in [-0.2, -0.15) is 0 Å². The van der Waals surface area contributed by atoms with Crippen molar-refractivity contribution >= 4 is 24.3 Å².